The van der Waals surface area contributed by atoms with Gasteiger partial charge in [-0.1, -0.05) is 0 Å². The van der Waals surface area contributed by atoms with Gasteiger partial charge < -0.3 is 15.4 Å². The van der Waals surface area contributed by atoms with Gasteiger partial charge in [-0.3, -0.25) is 4.79 Å². The topological polar surface area (TPSA) is 55.6 Å². The number of nitrogens with two attached hydrogens (primary N) is 1. The van der Waals surface area contributed by atoms with Crippen molar-refractivity contribution >= 4 is 17.3 Å². The van der Waals surface area contributed by atoms with Crippen molar-refractivity contribution in [1.82, 2.24) is 0 Å². The molecule has 4 heteroatoms. The first-order valence-corrected chi connectivity index (χ1v) is 5.21. The molecule has 1 amide bonds. The molecule has 1 aliphatic rings. The monoisotopic (exact) mass is 220 g/mol. The SMILES string of the molecule is COc1ccc(N)cc1N1CC(C)(C)C1=O. The minimum Gasteiger partial charge on any atom is -0.495 e. The molecule has 16 heavy (non-hydrogen) atoms. The second kappa shape index (κ2) is 3.40. The minimum absolute atomic E-state index is 0.108. The van der Waals surface area contributed by atoms with Gasteiger partial charge in [-0.25, -0.2) is 0 Å². The van der Waals surface area contributed by atoms with E-state index >= 15 is 0 Å². The van der Waals surface area contributed by atoms with Crippen LogP contribution in [0.5, 0.6) is 5.75 Å². The van der Waals surface area contributed by atoms with Crippen molar-refractivity contribution in [3.63, 3.8) is 0 Å². The highest BCUT2D eigenvalue weighted by Gasteiger charge is 2.45. The smallest absolute Gasteiger partial charge is 0.234 e. The molecule has 0 aliphatic carbocycles. The molecule has 2 rings (SSSR count). The molecule has 1 fully saturated rings. The predicted molar refractivity (Wildman–Crippen MR) is 63.5 cm³/mol. The van der Waals surface area contributed by atoms with Gasteiger partial charge in [0.2, 0.25) is 5.91 Å². The van der Waals surface area contributed by atoms with Crippen LogP contribution < -0.4 is 15.4 Å². The number of carbonyl (C=O) groups excluding carboxylic acids is 1. The molecule has 1 heterocycles. The molecule has 2 N–H and O–H groups in total. The molecule has 0 atom stereocenters. The number of β-lactam (4-membered cyclic amide) rings is 1. The Labute approximate surface area is 95.0 Å². The first-order valence-electron chi connectivity index (χ1n) is 5.21. The summed E-state index contributed by atoms with van der Waals surface area (Å²) in [4.78, 5) is 13.6. The van der Waals surface area contributed by atoms with Crippen molar-refractivity contribution in [3.05, 3.63) is 18.2 Å². The van der Waals surface area contributed by atoms with E-state index in [1.807, 2.05) is 13.8 Å². The number of nitrogens with zero attached hydrogens (tertiary/aromatic N) is 1. The van der Waals surface area contributed by atoms with Gasteiger partial charge >= 0.3 is 0 Å². The summed E-state index contributed by atoms with van der Waals surface area (Å²) in [5.41, 5.74) is 6.84. The average Bonchev–Trinajstić information content (AvgIpc) is 2.25. The zero-order valence-electron chi connectivity index (χ0n) is 9.78. The highest BCUT2D eigenvalue weighted by Crippen LogP contribution is 2.40. The van der Waals surface area contributed by atoms with Crippen molar-refractivity contribution in [3.8, 4) is 5.75 Å². The third kappa shape index (κ3) is 1.50. The van der Waals surface area contributed by atoms with Crippen LogP contribution in [0.2, 0.25) is 0 Å². The van der Waals surface area contributed by atoms with E-state index in [0.717, 1.165) is 5.69 Å². The Hall–Kier alpha value is -1.71. The zero-order valence-corrected chi connectivity index (χ0v) is 9.78. The maximum atomic E-state index is 11.9. The highest BCUT2D eigenvalue weighted by atomic mass is 16.5. The van der Waals surface area contributed by atoms with Crippen LogP contribution in [0.25, 0.3) is 0 Å². The van der Waals surface area contributed by atoms with Crippen LogP contribution in [0.4, 0.5) is 11.4 Å². The van der Waals surface area contributed by atoms with Gasteiger partial charge in [-0.2, -0.15) is 0 Å². The summed E-state index contributed by atoms with van der Waals surface area (Å²) >= 11 is 0. The quantitative estimate of drug-likeness (QED) is 0.609. The van der Waals surface area contributed by atoms with Gasteiger partial charge in [0.25, 0.3) is 0 Å². The largest absolute Gasteiger partial charge is 0.495 e. The van der Waals surface area contributed by atoms with E-state index in [2.05, 4.69) is 0 Å². The van der Waals surface area contributed by atoms with E-state index in [0.29, 0.717) is 18.0 Å². The maximum absolute atomic E-state index is 11.9. The molecule has 1 aliphatic heterocycles. The summed E-state index contributed by atoms with van der Waals surface area (Å²) in [7, 11) is 1.59. The van der Waals surface area contributed by atoms with Crippen molar-refractivity contribution < 1.29 is 9.53 Å². The molecule has 0 bridgehead atoms. The van der Waals surface area contributed by atoms with E-state index in [-0.39, 0.29) is 11.3 Å². The molecule has 4 nitrogen and oxygen atoms in total. The number of hydrogen-bond donors (Lipinski definition) is 1. The molecule has 0 radical (unpaired) electrons. The maximum Gasteiger partial charge on any atom is 0.234 e. The number of rotatable bonds is 2. The Morgan fingerprint density at radius 1 is 1.44 bits per heavy atom. The Kier molecular flexibility index (Phi) is 2.30. The Bertz CT molecular complexity index is 441. The predicted octanol–water partition coefficient (Wildman–Crippen LogP) is 1.65. The molecule has 0 aromatic heterocycles. The third-order valence-corrected chi connectivity index (χ3v) is 2.87. The summed E-state index contributed by atoms with van der Waals surface area (Å²) in [5.74, 6) is 0.787. The van der Waals surface area contributed by atoms with E-state index in [1.54, 1.807) is 30.2 Å². The van der Waals surface area contributed by atoms with Crippen LogP contribution in [0, 0.1) is 5.41 Å². The van der Waals surface area contributed by atoms with Crippen molar-refractivity contribution in [1.29, 1.82) is 0 Å². The van der Waals surface area contributed by atoms with Crippen LogP contribution in [0.15, 0.2) is 18.2 Å². The summed E-state index contributed by atoms with van der Waals surface area (Å²) in [6.45, 7) is 4.57. The van der Waals surface area contributed by atoms with E-state index in [1.165, 1.54) is 0 Å². The second-order valence-corrected chi connectivity index (χ2v) is 4.71. The Balaban J connectivity index is 2.35. The van der Waals surface area contributed by atoms with Gasteiger partial charge in [-0.05, 0) is 32.0 Å². The Morgan fingerprint density at radius 3 is 2.62 bits per heavy atom. The lowest BCUT2D eigenvalue weighted by Crippen LogP contribution is -2.58. The highest BCUT2D eigenvalue weighted by molar-refractivity contribution is 6.05. The molecule has 86 valence electrons. The number of anilines is 2. The summed E-state index contributed by atoms with van der Waals surface area (Å²) in [6.07, 6.45) is 0. The number of amides is 1. The Morgan fingerprint density at radius 2 is 2.12 bits per heavy atom. The standard InChI is InChI=1S/C12H16N2O2/c1-12(2)7-14(11(12)15)9-6-8(13)4-5-10(9)16-3/h4-6H,7,13H2,1-3H3. The number of methoxy groups -OCH3 is 1. The number of nitrogen functional groups attached to an aromatic ring is 1. The van der Waals surface area contributed by atoms with Crippen LogP contribution in [-0.2, 0) is 4.79 Å². The lowest BCUT2D eigenvalue weighted by molar-refractivity contribution is -0.132. The van der Waals surface area contributed by atoms with Gasteiger partial charge in [0.15, 0.2) is 0 Å². The summed E-state index contributed by atoms with van der Waals surface area (Å²) < 4.78 is 5.22. The first kappa shape index (κ1) is 10.8. The average molecular weight is 220 g/mol. The number of benzene rings is 1. The van der Waals surface area contributed by atoms with Crippen LogP contribution in [-0.4, -0.2) is 19.6 Å². The molecular formula is C12H16N2O2. The molecule has 1 saturated heterocycles. The fourth-order valence-electron chi connectivity index (χ4n) is 1.92. The van der Waals surface area contributed by atoms with E-state index in [4.69, 9.17) is 10.5 Å². The van der Waals surface area contributed by atoms with Crippen molar-refractivity contribution in [2.24, 2.45) is 5.41 Å². The van der Waals surface area contributed by atoms with Crippen molar-refractivity contribution in [2.75, 3.05) is 24.3 Å². The number of ether oxygens (including phenoxy) is 1. The first-order chi connectivity index (χ1) is 7.45. The van der Waals surface area contributed by atoms with Crippen LogP contribution in [0.3, 0.4) is 0 Å². The van der Waals surface area contributed by atoms with Crippen LogP contribution >= 0.6 is 0 Å². The summed E-state index contributed by atoms with van der Waals surface area (Å²) in [5, 5.41) is 0. The summed E-state index contributed by atoms with van der Waals surface area (Å²) in [6, 6.07) is 5.31. The van der Waals surface area contributed by atoms with Gasteiger partial charge in [0.05, 0.1) is 18.2 Å². The van der Waals surface area contributed by atoms with Crippen LogP contribution in [0.1, 0.15) is 13.8 Å². The zero-order chi connectivity index (χ0) is 11.9. The van der Waals surface area contributed by atoms with Gasteiger partial charge in [0.1, 0.15) is 5.75 Å². The van der Waals surface area contributed by atoms with E-state index < -0.39 is 0 Å². The molecule has 0 spiro atoms. The second-order valence-electron chi connectivity index (χ2n) is 4.71. The lowest BCUT2D eigenvalue weighted by Gasteiger charge is -2.44. The van der Waals surface area contributed by atoms with Gasteiger partial charge in [0, 0.05) is 12.2 Å². The van der Waals surface area contributed by atoms with Gasteiger partial charge in [-0.15, -0.1) is 0 Å². The number of hydrogen-bond acceptors (Lipinski definition) is 3. The molecule has 0 saturated carbocycles. The fourth-order valence-corrected chi connectivity index (χ4v) is 1.92. The molecule has 1 aromatic rings. The normalized spacial score (nSPS) is 18.2. The molecule has 0 unspecified atom stereocenters. The minimum atomic E-state index is -0.268. The van der Waals surface area contributed by atoms with Crippen molar-refractivity contribution in [2.45, 2.75) is 13.8 Å². The third-order valence-electron chi connectivity index (χ3n) is 2.87. The molecule has 1 aromatic carbocycles. The fraction of sp³-hybridized carbons (Fsp3) is 0.417. The van der Waals surface area contributed by atoms with E-state index in [9.17, 15) is 4.79 Å². The lowest BCUT2D eigenvalue weighted by atomic mass is 9.82. The molecular weight excluding hydrogens is 204 g/mol. The number of carbonyl (C=O) groups is 1.